The average molecular weight is 370 g/mol. The molecule has 0 aliphatic carbocycles. The maximum absolute atomic E-state index is 12.6. The van der Waals surface area contributed by atoms with Crippen LogP contribution in [0.5, 0.6) is 17.2 Å². The highest BCUT2D eigenvalue weighted by Crippen LogP contribution is 2.31. The minimum atomic E-state index is -0.509. The van der Waals surface area contributed by atoms with Crippen LogP contribution in [0, 0.1) is 5.41 Å². The first-order valence-electron chi connectivity index (χ1n) is 9.13. The number of hydrogen-bond donors (Lipinski definition) is 2. The molecule has 144 valence electrons. The van der Waals surface area contributed by atoms with Crippen LogP contribution in [-0.2, 0) is 16.1 Å². The summed E-state index contributed by atoms with van der Waals surface area (Å²) in [4.78, 5) is 12.6. The largest absolute Gasteiger partial charge is 0.493 e. The Hall–Kier alpha value is -2.57. The molecule has 1 aliphatic heterocycles. The average Bonchev–Trinajstić information content (AvgIpc) is 2.74. The normalized spacial score (nSPS) is 15.8. The summed E-state index contributed by atoms with van der Waals surface area (Å²) >= 11 is 0. The van der Waals surface area contributed by atoms with Crippen molar-refractivity contribution in [3.05, 3.63) is 54.1 Å². The quantitative estimate of drug-likeness (QED) is 0.783. The van der Waals surface area contributed by atoms with Crippen LogP contribution in [0.25, 0.3) is 0 Å². The molecule has 1 amide bonds. The third-order valence-corrected chi connectivity index (χ3v) is 5.00. The topological polar surface area (TPSA) is 82.8 Å². The van der Waals surface area contributed by atoms with Crippen molar-refractivity contribution >= 4 is 5.91 Å². The Bertz CT molecular complexity index is 755. The molecule has 6 heteroatoms. The Labute approximate surface area is 159 Å². The van der Waals surface area contributed by atoms with Crippen molar-refractivity contribution in [3.8, 4) is 17.2 Å². The Morgan fingerprint density at radius 2 is 1.78 bits per heavy atom. The van der Waals surface area contributed by atoms with Crippen LogP contribution in [0.2, 0.25) is 0 Å². The minimum absolute atomic E-state index is 0.00245. The fourth-order valence-corrected chi connectivity index (χ4v) is 3.16. The fraction of sp³-hybridized carbons (Fsp3) is 0.381. The first kappa shape index (κ1) is 19.2. The van der Waals surface area contributed by atoms with E-state index in [2.05, 4.69) is 5.32 Å². The lowest BCUT2D eigenvalue weighted by Crippen LogP contribution is -2.48. The maximum Gasteiger partial charge on any atom is 0.227 e. The van der Waals surface area contributed by atoms with E-state index in [0.29, 0.717) is 56.4 Å². The van der Waals surface area contributed by atoms with E-state index in [0.717, 1.165) is 5.56 Å². The van der Waals surface area contributed by atoms with Crippen molar-refractivity contribution in [3.63, 3.8) is 0 Å². The molecule has 0 spiro atoms. The van der Waals surface area contributed by atoms with E-state index in [9.17, 15) is 4.79 Å². The zero-order valence-electron chi connectivity index (χ0n) is 15.6. The molecule has 0 saturated carbocycles. The van der Waals surface area contributed by atoms with Gasteiger partial charge in [0.05, 0.1) is 12.5 Å². The number of nitrogens with one attached hydrogen (secondary N) is 1. The second-order valence-corrected chi connectivity index (χ2v) is 6.68. The van der Waals surface area contributed by atoms with Gasteiger partial charge in [0.1, 0.15) is 5.75 Å². The summed E-state index contributed by atoms with van der Waals surface area (Å²) in [5, 5.41) is 3.01. The summed E-state index contributed by atoms with van der Waals surface area (Å²) in [6, 6.07) is 15.1. The van der Waals surface area contributed by atoms with Crippen LogP contribution >= 0.6 is 0 Å². The molecule has 6 nitrogen and oxygen atoms in total. The maximum atomic E-state index is 12.6. The van der Waals surface area contributed by atoms with Gasteiger partial charge < -0.3 is 25.3 Å². The molecule has 1 fully saturated rings. The summed E-state index contributed by atoms with van der Waals surface area (Å²) in [5.41, 5.74) is 6.37. The zero-order chi connectivity index (χ0) is 19.1. The fourth-order valence-electron chi connectivity index (χ4n) is 3.16. The number of nitrogens with two attached hydrogens (primary N) is 1. The van der Waals surface area contributed by atoms with Gasteiger partial charge in [-0.05, 0) is 42.7 Å². The molecule has 0 bridgehead atoms. The molecule has 0 atom stereocenters. The molecule has 3 rings (SSSR count). The minimum Gasteiger partial charge on any atom is -0.493 e. The van der Waals surface area contributed by atoms with Gasteiger partial charge in [0.25, 0.3) is 0 Å². The van der Waals surface area contributed by atoms with Crippen LogP contribution in [0.4, 0.5) is 0 Å². The Morgan fingerprint density at radius 1 is 1.11 bits per heavy atom. The monoisotopic (exact) mass is 370 g/mol. The Kier molecular flexibility index (Phi) is 6.32. The lowest BCUT2D eigenvalue weighted by Gasteiger charge is -2.34. The van der Waals surface area contributed by atoms with Crippen LogP contribution < -0.4 is 20.5 Å². The molecule has 2 aromatic rings. The molecule has 27 heavy (non-hydrogen) atoms. The molecule has 1 aliphatic rings. The van der Waals surface area contributed by atoms with Gasteiger partial charge in [0, 0.05) is 26.3 Å². The molecule has 0 radical (unpaired) electrons. The zero-order valence-corrected chi connectivity index (χ0v) is 15.6. The van der Waals surface area contributed by atoms with Gasteiger partial charge >= 0.3 is 0 Å². The summed E-state index contributed by atoms with van der Waals surface area (Å²) in [5.74, 6) is 2.04. The second kappa shape index (κ2) is 8.88. The number of methoxy groups -OCH3 is 1. The van der Waals surface area contributed by atoms with Gasteiger partial charge in [0.2, 0.25) is 5.91 Å². The molecule has 2 aromatic carbocycles. The third-order valence-electron chi connectivity index (χ3n) is 5.00. The number of para-hydroxylation sites is 2. The van der Waals surface area contributed by atoms with E-state index in [-0.39, 0.29) is 5.91 Å². The van der Waals surface area contributed by atoms with Crippen LogP contribution in [0.1, 0.15) is 18.4 Å². The van der Waals surface area contributed by atoms with Crippen LogP contribution in [0.15, 0.2) is 48.5 Å². The van der Waals surface area contributed by atoms with Crippen molar-refractivity contribution in [2.45, 2.75) is 19.4 Å². The molecule has 3 N–H and O–H groups in total. The predicted molar refractivity (Wildman–Crippen MR) is 103 cm³/mol. The number of amides is 1. The van der Waals surface area contributed by atoms with Crippen LogP contribution in [0.3, 0.4) is 0 Å². The number of ether oxygens (including phenoxy) is 3. The van der Waals surface area contributed by atoms with E-state index < -0.39 is 5.41 Å². The molecule has 0 aromatic heterocycles. The van der Waals surface area contributed by atoms with E-state index in [1.54, 1.807) is 7.11 Å². The number of carbonyl (C=O) groups excluding carboxylic acids is 1. The molecular weight excluding hydrogens is 344 g/mol. The van der Waals surface area contributed by atoms with Gasteiger partial charge in [-0.15, -0.1) is 0 Å². The van der Waals surface area contributed by atoms with Gasteiger partial charge in [-0.3, -0.25) is 4.79 Å². The summed E-state index contributed by atoms with van der Waals surface area (Å²) in [6.07, 6.45) is 1.34. The Balaban J connectivity index is 1.58. The van der Waals surface area contributed by atoms with Gasteiger partial charge in [-0.2, -0.15) is 0 Å². The van der Waals surface area contributed by atoms with Gasteiger partial charge in [-0.25, -0.2) is 0 Å². The third kappa shape index (κ3) is 4.59. The van der Waals surface area contributed by atoms with E-state index >= 15 is 0 Å². The standard InChI is InChI=1S/C21H26N2O4/c1-25-18-4-2-3-5-19(18)27-17-8-6-16(7-9-17)14-23-20(24)21(15-22)10-12-26-13-11-21/h2-9H,10-15,22H2,1H3,(H,23,24). The smallest absolute Gasteiger partial charge is 0.227 e. The molecule has 0 unspecified atom stereocenters. The highest BCUT2D eigenvalue weighted by molar-refractivity contribution is 5.83. The number of benzene rings is 2. The highest BCUT2D eigenvalue weighted by Gasteiger charge is 2.38. The lowest BCUT2D eigenvalue weighted by molar-refractivity contribution is -0.136. The lowest BCUT2D eigenvalue weighted by atomic mass is 9.79. The van der Waals surface area contributed by atoms with Crippen molar-refractivity contribution in [2.24, 2.45) is 11.1 Å². The number of carbonyl (C=O) groups is 1. The molecule has 1 heterocycles. The summed E-state index contributed by atoms with van der Waals surface area (Å²) < 4.78 is 16.5. The second-order valence-electron chi connectivity index (χ2n) is 6.68. The first-order chi connectivity index (χ1) is 13.2. The van der Waals surface area contributed by atoms with Gasteiger partial charge in [0.15, 0.2) is 11.5 Å². The SMILES string of the molecule is COc1ccccc1Oc1ccc(CNC(=O)C2(CN)CCOCC2)cc1. The molecular formula is C21H26N2O4. The summed E-state index contributed by atoms with van der Waals surface area (Å²) in [7, 11) is 1.61. The highest BCUT2D eigenvalue weighted by atomic mass is 16.5. The van der Waals surface area contributed by atoms with Gasteiger partial charge in [-0.1, -0.05) is 24.3 Å². The van der Waals surface area contributed by atoms with Crippen molar-refractivity contribution in [2.75, 3.05) is 26.9 Å². The van der Waals surface area contributed by atoms with Crippen molar-refractivity contribution in [1.29, 1.82) is 0 Å². The van der Waals surface area contributed by atoms with Crippen molar-refractivity contribution in [1.82, 2.24) is 5.32 Å². The number of hydrogen-bond acceptors (Lipinski definition) is 5. The van der Waals surface area contributed by atoms with Crippen LogP contribution in [-0.4, -0.2) is 32.8 Å². The van der Waals surface area contributed by atoms with Crippen molar-refractivity contribution < 1.29 is 19.0 Å². The summed E-state index contributed by atoms with van der Waals surface area (Å²) in [6.45, 7) is 1.96. The van der Waals surface area contributed by atoms with E-state index in [4.69, 9.17) is 19.9 Å². The molecule has 1 saturated heterocycles. The predicted octanol–water partition coefficient (Wildman–Crippen LogP) is 2.86. The first-order valence-corrected chi connectivity index (χ1v) is 9.13. The van der Waals surface area contributed by atoms with E-state index in [1.165, 1.54) is 0 Å². The number of rotatable bonds is 7. The Morgan fingerprint density at radius 3 is 2.41 bits per heavy atom. The van der Waals surface area contributed by atoms with E-state index in [1.807, 2.05) is 48.5 Å².